The molecule has 10 heteroatoms. The van der Waals surface area contributed by atoms with E-state index < -0.39 is 17.8 Å². The lowest BCUT2D eigenvalue weighted by atomic mass is 9.95. The van der Waals surface area contributed by atoms with Crippen molar-refractivity contribution in [3.63, 3.8) is 0 Å². The zero-order valence-electron chi connectivity index (χ0n) is 18.6. The molecule has 1 unspecified atom stereocenters. The second-order valence-electron chi connectivity index (χ2n) is 8.12. The van der Waals surface area contributed by atoms with Crippen molar-refractivity contribution in [2.75, 3.05) is 6.26 Å². The highest BCUT2D eigenvalue weighted by Crippen LogP contribution is 2.32. The van der Waals surface area contributed by atoms with Gasteiger partial charge >= 0.3 is 6.18 Å². The summed E-state index contributed by atoms with van der Waals surface area (Å²) in [4.78, 5) is 21.7. The number of rotatable bonds is 7. The summed E-state index contributed by atoms with van der Waals surface area (Å²) in [6.07, 6.45) is -2.01. The fraction of sp³-hybridized carbons (Fsp3) is 0.455. The Hall–Kier alpha value is -2.62. The molecule has 1 aromatic carbocycles. The van der Waals surface area contributed by atoms with E-state index in [1.54, 1.807) is 10.6 Å². The number of hydrogen-bond donors (Lipinski definition) is 1. The number of carbonyl (C=O) groups excluding carboxylic acids is 1. The number of nitrogens with zero attached hydrogens (tertiary/aromatic N) is 4. The molecule has 0 spiro atoms. The summed E-state index contributed by atoms with van der Waals surface area (Å²) < 4.78 is 41.1. The van der Waals surface area contributed by atoms with E-state index in [1.807, 2.05) is 34.0 Å². The van der Waals surface area contributed by atoms with Crippen LogP contribution in [0.3, 0.4) is 0 Å². The SMILES string of the molecule is CSc1nc2nc(C)c(CC(=O)NC(CC(C)C)c3cccc(C(F)(F)F)c3)c(C)n2n1. The number of carbonyl (C=O) groups is 1. The van der Waals surface area contributed by atoms with E-state index in [2.05, 4.69) is 20.4 Å². The summed E-state index contributed by atoms with van der Waals surface area (Å²) in [6.45, 7) is 7.59. The first-order valence-electron chi connectivity index (χ1n) is 10.2. The maximum atomic E-state index is 13.2. The van der Waals surface area contributed by atoms with Gasteiger partial charge in [-0.15, -0.1) is 5.10 Å². The van der Waals surface area contributed by atoms with Crippen molar-refractivity contribution in [1.29, 1.82) is 0 Å². The number of amides is 1. The molecule has 2 heterocycles. The van der Waals surface area contributed by atoms with E-state index in [1.165, 1.54) is 17.8 Å². The predicted molar refractivity (Wildman–Crippen MR) is 118 cm³/mol. The van der Waals surface area contributed by atoms with Crippen LogP contribution in [0.25, 0.3) is 5.78 Å². The lowest BCUT2D eigenvalue weighted by Gasteiger charge is -2.22. The molecular formula is C22H26F3N5OS. The average Bonchev–Trinajstić information content (AvgIpc) is 3.13. The van der Waals surface area contributed by atoms with Gasteiger partial charge in [-0.1, -0.05) is 37.7 Å². The van der Waals surface area contributed by atoms with Crippen LogP contribution in [0.4, 0.5) is 13.2 Å². The Bertz CT molecular complexity index is 1130. The normalized spacial score (nSPS) is 13.0. The predicted octanol–water partition coefficient (Wildman–Crippen LogP) is 4.93. The lowest BCUT2D eigenvalue weighted by Crippen LogP contribution is -2.31. The van der Waals surface area contributed by atoms with E-state index in [-0.39, 0.29) is 18.2 Å². The van der Waals surface area contributed by atoms with Crippen molar-refractivity contribution >= 4 is 23.4 Å². The summed E-state index contributed by atoms with van der Waals surface area (Å²) in [5, 5.41) is 7.90. The second kappa shape index (κ2) is 9.48. The fourth-order valence-electron chi connectivity index (χ4n) is 3.62. The molecule has 0 aliphatic heterocycles. The van der Waals surface area contributed by atoms with Gasteiger partial charge in [0, 0.05) is 17.0 Å². The number of thioether (sulfide) groups is 1. The highest BCUT2D eigenvalue weighted by molar-refractivity contribution is 7.98. The second-order valence-corrected chi connectivity index (χ2v) is 8.89. The van der Waals surface area contributed by atoms with Gasteiger partial charge in [0.15, 0.2) is 0 Å². The Balaban J connectivity index is 1.86. The first-order chi connectivity index (χ1) is 15.0. The Morgan fingerprint density at radius 2 is 1.94 bits per heavy atom. The molecule has 0 bridgehead atoms. The molecule has 0 saturated heterocycles. The van der Waals surface area contributed by atoms with Crippen LogP contribution < -0.4 is 5.32 Å². The molecular weight excluding hydrogens is 439 g/mol. The molecule has 0 aliphatic carbocycles. The highest BCUT2D eigenvalue weighted by atomic mass is 32.2. The molecule has 0 radical (unpaired) electrons. The highest BCUT2D eigenvalue weighted by Gasteiger charge is 2.31. The van der Waals surface area contributed by atoms with Crippen LogP contribution in [0.5, 0.6) is 0 Å². The van der Waals surface area contributed by atoms with Crippen molar-refractivity contribution in [2.45, 2.75) is 57.9 Å². The molecule has 0 saturated carbocycles. The largest absolute Gasteiger partial charge is 0.416 e. The molecule has 2 aromatic heterocycles. The van der Waals surface area contributed by atoms with Crippen LogP contribution in [-0.2, 0) is 17.4 Å². The van der Waals surface area contributed by atoms with Crippen molar-refractivity contribution in [3.05, 3.63) is 52.3 Å². The van der Waals surface area contributed by atoms with E-state index in [0.29, 0.717) is 28.6 Å². The summed E-state index contributed by atoms with van der Waals surface area (Å²) in [5.74, 6) is 0.359. The van der Waals surface area contributed by atoms with Crippen LogP contribution in [0.15, 0.2) is 29.4 Å². The monoisotopic (exact) mass is 465 g/mol. The zero-order chi connectivity index (χ0) is 23.6. The van der Waals surface area contributed by atoms with Gasteiger partial charge in [0.1, 0.15) is 0 Å². The number of halogens is 3. The Morgan fingerprint density at radius 3 is 2.56 bits per heavy atom. The standard InChI is InChI=1S/C22H26F3N5OS/c1-12(2)9-18(15-7-6-8-16(10-15)22(23,24)25)27-19(31)11-17-13(3)26-20-28-21(32-5)29-30(20)14(17)4/h6-8,10,12,18H,9,11H2,1-5H3,(H,27,31). The van der Waals surface area contributed by atoms with Gasteiger partial charge in [0.05, 0.1) is 18.0 Å². The lowest BCUT2D eigenvalue weighted by molar-refractivity contribution is -0.137. The zero-order valence-corrected chi connectivity index (χ0v) is 19.4. The minimum atomic E-state index is -4.44. The van der Waals surface area contributed by atoms with Gasteiger partial charge in [-0.2, -0.15) is 18.2 Å². The number of benzene rings is 1. The van der Waals surface area contributed by atoms with Crippen LogP contribution >= 0.6 is 11.8 Å². The third-order valence-electron chi connectivity index (χ3n) is 5.21. The van der Waals surface area contributed by atoms with E-state index in [4.69, 9.17) is 0 Å². The summed E-state index contributed by atoms with van der Waals surface area (Å²) in [7, 11) is 0. The Morgan fingerprint density at radius 1 is 1.22 bits per heavy atom. The van der Waals surface area contributed by atoms with Gasteiger partial charge in [-0.25, -0.2) is 9.50 Å². The van der Waals surface area contributed by atoms with Crippen LogP contribution in [0.1, 0.15) is 54.4 Å². The molecule has 0 fully saturated rings. The molecule has 6 nitrogen and oxygen atoms in total. The molecule has 3 aromatic rings. The molecule has 32 heavy (non-hydrogen) atoms. The van der Waals surface area contributed by atoms with Crippen molar-refractivity contribution < 1.29 is 18.0 Å². The third kappa shape index (κ3) is 5.40. The smallest absolute Gasteiger partial charge is 0.349 e. The number of aromatic nitrogens is 4. The molecule has 1 N–H and O–H groups in total. The summed E-state index contributed by atoms with van der Waals surface area (Å²) in [5.41, 5.74) is 1.86. The summed E-state index contributed by atoms with van der Waals surface area (Å²) >= 11 is 1.40. The van der Waals surface area contributed by atoms with Gasteiger partial charge < -0.3 is 5.32 Å². The molecule has 3 rings (SSSR count). The Kier molecular flexibility index (Phi) is 7.12. The molecule has 172 valence electrons. The van der Waals surface area contributed by atoms with Gasteiger partial charge in [-0.05, 0) is 50.1 Å². The number of alkyl halides is 3. The molecule has 1 atom stereocenters. The van der Waals surface area contributed by atoms with Crippen molar-refractivity contribution in [2.24, 2.45) is 5.92 Å². The third-order valence-corrected chi connectivity index (χ3v) is 5.75. The van der Waals surface area contributed by atoms with E-state index >= 15 is 0 Å². The topological polar surface area (TPSA) is 72.2 Å². The maximum Gasteiger partial charge on any atom is 0.416 e. The van der Waals surface area contributed by atoms with Gasteiger partial charge in [0.2, 0.25) is 11.1 Å². The van der Waals surface area contributed by atoms with Crippen molar-refractivity contribution in [1.82, 2.24) is 24.9 Å². The van der Waals surface area contributed by atoms with E-state index in [9.17, 15) is 18.0 Å². The van der Waals surface area contributed by atoms with Crippen LogP contribution in [0, 0.1) is 19.8 Å². The minimum absolute atomic E-state index is 0.0443. The first-order valence-corrected chi connectivity index (χ1v) is 11.5. The molecule has 1 amide bonds. The van der Waals surface area contributed by atoms with Gasteiger partial charge in [-0.3, -0.25) is 4.79 Å². The maximum absolute atomic E-state index is 13.2. The fourth-order valence-corrected chi connectivity index (χ4v) is 3.96. The van der Waals surface area contributed by atoms with Crippen molar-refractivity contribution in [3.8, 4) is 0 Å². The number of hydrogen-bond acceptors (Lipinski definition) is 5. The van der Waals surface area contributed by atoms with Crippen LogP contribution in [0.2, 0.25) is 0 Å². The quantitative estimate of drug-likeness (QED) is 0.501. The summed E-state index contributed by atoms with van der Waals surface area (Å²) in [6, 6.07) is 4.60. The van der Waals surface area contributed by atoms with E-state index in [0.717, 1.165) is 23.4 Å². The average molecular weight is 466 g/mol. The number of fused-ring (bicyclic) bond motifs is 1. The number of nitrogens with one attached hydrogen (secondary N) is 1. The van der Waals surface area contributed by atoms with Gasteiger partial charge in [0.25, 0.3) is 5.78 Å². The van der Waals surface area contributed by atoms with Crippen LogP contribution in [-0.4, -0.2) is 31.7 Å². The molecule has 0 aliphatic rings. The number of aryl methyl sites for hydroxylation is 2. The Labute approximate surface area is 189 Å². The minimum Gasteiger partial charge on any atom is -0.349 e. The first kappa shape index (κ1) is 24.0.